The van der Waals surface area contributed by atoms with Gasteiger partial charge in [-0.3, -0.25) is 4.79 Å². The Kier molecular flexibility index (Phi) is 4.86. The number of hydrogen-bond acceptors (Lipinski definition) is 4. The van der Waals surface area contributed by atoms with Crippen molar-refractivity contribution in [3.05, 3.63) is 29.8 Å². The Balaban J connectivity index is 1.24. The van der Waals surface area contributed by atoms with E-state index in [0.717, 1.165) is 63.5 Å². The van der Waals surface area contributed by atoms with E-state index in [4.69, 9.17) is 4.74 Å². The molecule has 0 spiro atoms. The first-order valence-corrected chi connectivity index (χ1v) is 11.3. The Morgan fingerprint density at radius 2 is 1.66 bits per heavy atom. The van der Waals surface area contributed by atoms with E-state index in [0.29, 0.717) is 23.3 Å². The average molecular weight is 400 g/mol. The predicted octanol–water partition coefficient (Wildman–Crippen LogP) is 3.38. The Morgan fingerprint density at radius 3 is 2.24 bits per heavy atom. The van der Waals surface area contributed by atoms with Crippen LogP contribution in [0, 0.1) is 17.8 Å². The van der Waals surface area contributed by atoms with E-state index in [1.165, 1.54) is 0 Å². The van der Waals surface area contributed by atoms with E-state index in [1.54, 1.807) is 0 Å². The molecule has 5 fully saturated rings. The van der Waals surface area contributed by atoms with Crippen molar-refractivity contribution in [3.63, 3.8) is 0 Å². The summed E-state index contributed by atoms with van der Waals surface area (Å²) in [4.78, 5) is 15.1. The molecule has 0 radical (unpaired) electrons. The van der Waals surface area contributed by atoms with E-state index in [1.807, 2.05) is 36.2 Å². The van der Waals surface area contributed by atoms with Gasteiger partial charge in [-0.25, -0.2) is 0 Å². The number of carbonyl (C=O) groups is 1. The van der Waals surface area contributed by atoms with Crippen molar-refractivity contribution in [2.24, 2.45) is 17.8 Å². The van der Waals surface area contributed by atoms with Crippen LogP contribution in [0.3, 0.4) is 0 Å². The zero-order valence-electron chi connectivity index (χ0n) is 17.3. The van der Waals surface area contributed by atoms with E-state index in [-0.39, 0.29) is 24.2 Å². The van der Waals surface area contributed by atoms with E-state index < -0.39 is 5.60 Å². The second-order valence-electron chi connectivity index (χ2n) is 10.2. The molecular weight excluding hydrogens is 366 g/mol. The highest BCUT2D eigenvalue weighted by molar-refractivity contribution is 5.94. The fourth-order valence-electron chi connectivity index (χ4n) is 6.96. The Labute approximate surface area is 173 Å². The fraction of sp³-hybridized carbons (Fsp3) is 0.708. The summed E-state index contributed by atoms with van der Waals surface area (Å²) < 4.78 is 6.04. The van der Waals surface area contributed by atoms with Crippen LogP contribution in [-0.4, -0.2) is 51.9 Å². The van der Waals surface area contributed by atoms with Gasteiger partial charge in [0.2, 0.25) is 0 Å². The van der Waals surface area contributed by atoms with Gasteiger partial charge in [-0.1, -0.05) is 0 Å². The lowest BCUT2D eigenvalue weighted by molar-refractivity contribution is -0.152. The van der Waals surface area contributed by atoms with Gasteiger partial charge in [0.05, 0.1) is 17.8 Å². The maximum absolute atomic E-state index is 13.2. The molecule has 0 aromatic heterocycles. The highest BCUT2D eigenvalue weighted by atomic mass is 16.5. The molecule has 5 nitrogen and oxygen atoms in total. The maximum atomic E-state index is 13.2. The summed E-state index contributed by atoms with van der Waals surface area (Å²) in [7, 11) is 1.94. The first kappa shape index (κ1) is 19.4. The number of amides is 1. The third kappa shape index (κ3) is 3.68. The molecule has 1 aromatic carbocycles. The number of nitrogens with zero attached hydrogens (tertiary/aromatic N) is 1. The molecule has 1 amide bonds. The molecule has 6 rings (SSSR count). The minimum Gasteiger partial charge on any atom is -0.490 e. The second-order valence-corrected chi connectivity index (χ2v) is 10.2. The molecule has 0 aliphatic heterocycles. The van der Waals surface area contributed by atoms with Crippen molar-refractivity contribution in [2.45, 2.75) is 81.6 Å². The number of carbonyl (C=O) groups excluding carboxylic acids is 1. The molecular formula is C24H33NO4. The van der Waals surface area contributed by atoms with Crippen LogP contribution in [0.2, 0.25) is 0 Å². The summed E-state index contributed by atoms with van der Waals surface area (Å²) in [6.45, 7) is 0. The number of rotatable bonds is 4. The molecule has 5 heteroatoms. The summed E-state index contributed by atoms with van der Waals surface area (Å²) in [5.74, 6) is 2.38. The zero-order chi connectivity index (χ0) is 20.2. The standard InChI is InChI=1S/C24H33NO4/c1-25(22-17-10-15-11-18(22)14-24(28,12-15)13-17)23(27)16-2-6-20(7-3-16)29-21-8-4-19(26)5-9-21/h2-3,6-7,15,17-19,21-22,26,28H,4-5,8-14H2,1H3/t15?,17-,18+,19-,21+,22?,24?. The third-order valence-electron chi connectivity index (χ3n) is 8.01. The Bertz CT molecular complexity index is 739. The Morgan fingerprint density at radius 1 is 1.03 bits per heavy atom. The van der Waals surface area contributed by atoms with Crippen molar-refractivity contribution in [1.82, 2.24) is 4.90 Å². The van der Waals surface area contributed by atoms with Crippen LogP contribution in [0.1, 0.15) is 68.1 Å². The first-order chi connectivity index (χ1) is 13.9. The van der Waals surface area contributed by atoms with Gasteiger partial charge in [-0.2, -0.15) is 0 Å². The number of aliphatic hydroxyl groups is 2. The lowest BCUT2D eigenvalue weighted by atomic mass is 9.52. The van der Waals surface area contributed by atoms with E-state index in [2.05, 4.69) is 0 Å². The van der Waals surface area contributed by atoms with Gasteiger partial charge in [0.25, 0.3) is 5.91 Å². The Hall–Kier alpha value is -1.59. The summed E-state index contributed by atoms with van der Waals surface area (Å²) in [5.41, 5.74) is 0.233. The highest BCUT2D eigenvalue weighted by Crippen LogP contribution is 2.56. The predicted molar refractivity (Wildman–Crippen MR) is 110 cm³/mol. The lowest BCUT2D eigenvalue weighted by Crippen LogP contribution is -2.61. The SMILES string of the molecule is CN(C(=O)c1ccc(O[C@H]2CC[C@@H](O)CC2)cc1)C1[C@@H]2CC3C[C@H]1CC(O)(C3)C2. The van der Waals surface area contributed by atoms with Gasteiger partial charge in [0.15, 0.2) is 0 Å². The molecule has 5 aliphatic rings. The van der Waals surface area contributed by atoms with Crippen molar-refractivity contribution in [2.75, 3.05) is 7.05 Å². The summed E-state index contributed by atoms with van der Waals surface area (Å²) in [5, 5.41) is 20.4. The smallest absolute Gasteiger partial charge is 0.253 e. The van der Waals surface area contributed by atoms with Crippen LogP contribution in [0.15, 0.2) is 24.3 Å². The summed E-state index contributed by atoms with van der Waals surface area (Å²) >= 11 is 0. The topological polar surface area (TPSA) is 70.0 Å². The van der Waals surface area contributed by atoms with Crippen LogP contribution >= 0.6 is 0 Å². The van der Waals surface area contributed by atoms with Crippen LogP contribution in [0.25, 0.3) is 0 Å². The molecule has 158 valence electrons. The minimum absolute atomic E-state index is 0.0711. The second kappa shape index (κ2) is 7.28. The molecule has 2 N–H and O–H groups in total. The molecule has 5 atom stereocenters. The van der Waals surface area contributed by atoms with Gasteiger partial charge >= 0.3 is 0 Å². The number of aliphatic hydroxyl groups excluding tert-OH is 1. The van der Waals surface area contributed by atoms with Crippen LogP contribution in [0.4, 0.5) is 0 Å². The average Bonchev–Trinajstić information content (AvgIpc) is 2.68. The molecule has 4 bridgehead atoms. The van der Waals surface area contributed by atoms with Gasteiger partial charge in [0.1, 0.15) is 5.75 Å². The van der Waals surface area contributed by atoms with E-state index >= 15 is 0 Å². The van der Waals surface area contributed by atoms with E-state index in [9.17, 15) is 15.0 Å². The van der Waals surface area contributed by atoms with Crippen molar-refractivity contribution < 1.29 is 19.7 Å². The monoisotopic (exact) mass is 399 g/mol. The number of hydrogen-bond donors (Lipinski definition) is 2. The van der Waals surface area contributed by atoms with Gasteiger partial charge in [-0.15, -0.1) is 0 Å². The van der Waals surface area contributed by atoms with Gasteiger partial charge in [0, 0.05) is 18.7 Å². The molecule has 5 aliphatic carbocycles. The zero-order valence-corrected chi connectivity index (χ0v) is 17.3. The van der Waals surface area contributed by atoms with Gasteiger partial charge < -0.3 is 19.8 Å². The van der Waals surface area contributed by atoms with Crippen molar-refractivity contribution in [1.29, 1.82) is 0 Å². The van der Waals surface area contributed by atoms with Crippen LogP contribution < -0.4 is 4.74 Å². The molecule has 29 heavy (non-hydrogen) atoms. The molecule has 0 heterocycles. The normalized spacial score (nSPS) is 40.7. The molecule has 1 aromatic rings. The number of benzene rings is 1. The number of ether oxygens (including phenoxy) is 1. The van der Waals surface area contributed by atoms with Crippen LogP contribution in [-0.2, 0) is 0 Å². The third-order valence-corrected chi connectivity index (χ3v) is 8.01. The maximum Gasteiger partial charge on any atom is 0.253 e. The quantitative estimate of drug-likeness (QED) is 0.814. The summed E-state index contributed by atoms with van der Waals surface area (Å²) in [6, 6.07) is 7.78. The molecule has 5 saturated carbocycles. The summed E-state index contributed by atoms with van der Waals surface area (Å²) in [6.07, 6.45) is 8.30. The van der Waals surface area contributed by atoms with Gasteiger partial charge in [-0.05, 0) is 99.8 Å². The first-order valence-electron chi connectivity index (χ1n) is 11.3. The minimum atomic E-state index is -0.467. The fourth-order valence-corrected chi connectivity index (χ4v) is 6.96. The largest absolute Gasteiger partial charge is 0.490 e. The highest BCUT2D eigenvalue weighted by Gasteiger charge is 2.56. The van der Waals surface area contributed by atoms with Crippen molar-refractivity contribution >= 4 is 5.91 Å². The lowest BCUT2D eigenvalue weighted by Gasteiger charge is -2.59. The van der Waals surface area contributed by atoms with Crippen LogP contribution in [0.5, 0.6) is 5.75 Å². The van der Waals surface area contributed by atoms with Crippen molar-refractivity contribution in [3.8, 4) is 5.75 Å². The molecule has 3 unspecified atom stereocenters. The molecule has 0 saturated heterocycles.